The molecule has 106 valence electrons. The van der Waals surface area contributed by atoms with E-state index in [1.54, 1.807) is 12.1 Å². The summed E-state index contributed by atoms with van der Waals surface area (Å²) in [5, 5.41) is 21.4. The van der Waals surface area contributed by atoms with Crippen molar-refractivity contribution in [1.82, 2.24) is 10.2 Å². The second-order valence-corrected chi connectivity index (χ2v) is 4.96. The lowest BCUT2D eigenvalue weighted by atomic mass is 10.0. The van der Waals surface area contributed by atoms with Crippen LogP contribution in [0.3, 0.4) is 0 Å². The molecule has 3 N–H and O–H groups in total. The van der Waals surface area contributed by atoms with E-state index in [-0.39, 0.29) is 17.2 Å². The van der Waals surface area contributed by atoms with Crippen LogP contribution in [0.1, 0.15) is 21.6 Å². The Morgan fingerprint density at radius 3 is 2.67 bits per heavy atom. The van der Waals surface area contributed by atoms with Crippen LogP contribution in [0.5, 0.6) is 5.75 Å². The number of nitrogens with zero attached hydrogens (tertiary/aromatic N) is 1. The first-order chi connectivity index (χ1) is 10.1. The molecule has 0 bridgehead atoms. The molecule has 0 saturated heterocycles. The molecule has 1 amide bonds. The van der Waals surface area contributed by atoms with Crippen LogP contribution in [0.4, 0.5) is 5.82 Å². The highest BCUT2D eigenvalue weighted by atomic mass is 16.3. The van der Waals surface area contributed by atoms with Crippen LogP contribution in [0, 0.1) is 13.8 Å². The Balaban J connectivity index is 1.98. The molecule has 0 aliphatic heterocycles. The van der Waals surface area contributed by atoms with E-state index in [0.717, 1.165) is 16.6 Å². The van der Waals surface area contributed by atoms with Crippen molar-refractivity contribution in [2.45, 2.75) is 13.8 Å². The van der Waals surface area contributed by atoms with Crippen molar-refractivity contribution >= 4 is 22.5 Å². The van der Waals surface area contributed by atoms with Gasteiger partial charge in [-0.1, -0.05) is 30.3 Å². The number of carbonyl (C=O) groups is 1. The van der Waals surface area contributed by atoms with Crippen molar-refractivity contribution in [1.29, 1.82) is 0 Å². The van der Waals surface area contributed by atoms with Gasteiger partial charge in [0, 0.05) is 16.6 Å². The number of phenolic OH excluding ortho intramolecular Hbond substituents is 1. The first kappa shape index (κ1) is 13.2. The third-order valence-corrected chi connectivity index (χ3v) is 3.63. The van der Waals surface area contributed by atoms with Crippen molar-refractivity contribution in [3.63, 3.8) is 0 Å². The Bertz CT molecular complexity index is 837. The van der Waals surface area contributed by atoms with Crippen LogP contribution >= 0.6 is 0 Å². The molecule has 0 unspecified atom stereocenters. The number of aromatic nitrogens is 2. The monoisotopic (exact) mass is 281 g/mol. The summed E-state index contributed by atoms with van der Waals surface area (Å²) in [6.45, 7) is 3.75. The zero-order valence-corrected chi connectivity index (χ0v) is 11.8. The number of amides is 1. The normalized spacial score (nSPS) is 10.8. The number of benzene rings is 2. The SMILES string of the molecule is Cc1[nH]nc(NC(=O)c2ccc3ccccc3c2O)c1C. The third kappa shape index (κ3) is 2.23. The summed E-state index contributed by atoms with van der Waals surface area (Å²) >= 11 is 0. The van der Waals surface area contributed by atoms with Gasteiger partial charge < -0.3 is 10.4 Å². The van der Waals surface area contributed by atoms with Gasteiger partial charge in [-0.15, -0.1) is 0 Å². The number of nitrogens with one attached hydrogen (secondary N) is 2. The molecule has 21 heavy (non-hydrogen) atoms. The summed E-state index contributed by atoms with van der Waals surface area (Å²) in [4.78, 5) is 12.3. The molecule has 2 aromatic carbocycles. The van der Waals surface area contributed by atoms with Crippen LogP contribution in [0.25, 0.3) is 10.8 Å². The summed E-state index contributed by atoms with van der Waals surface area (Å²) < 4.78 is 0. The number of carbonyl (C=O) groups excluding carboxylic acids is 1. The van der Waals surface area contributed by atoms with Gasteiger partial charge in [0.1, 0.15) is 5.75 Å². The Labute approximate surface area is 121 Å². The molecule has 1 heterocycles. The topological polar surface area (TPSA) is 78.0 Å². The van der Waals surface area contributed by atoms with Crippen LogP contribution in [-0.2, 0) is 0 Å². The van der Waals surface area contributed by atoms with Crippen molar-refractivity contribution in [2.24, 2.45) is 0 Å². The number of hydrogen-bond acceptors (Lipinski definition) is 3. The highest BCUT2D eigenvalue weighted by molar-refractivity contribution is 6.09. The minimum absolute atomic E-state index is 0.0180. The summed E-state index contributed by atoms with van der Waals surface area (Å²) in [5.74, 6) is 0.0772. The standard InChI is InChI=1S/C16H15N3O2/c1-9-10(2)18-19-15(9)17-16(21)13-8-7-11-5-3-4-6-12(11)14(13)20/h3-8,20H,1-2H3,(H2,17,18,19,21). The van der Waals surface area contributed by atoms with Gasteiger partial charge in [-0.05, 0) is 25.3 Å². The van der Waals surface area contributed by atoms with Gasteiger partial charge in [-0.2, -0.15) is 5.10 Å². The van der Waals surface area contributed by atoms with Gasteiger partial charge in [0.15, 0.2) is 5.82 Å². The predicted molar refractivity (Wildman–Crippen MR) is 81.6 cm³/mol. The molecule has 3 aromatic rings. The quantitative estimate of drug-likeness (QED) is 0.675. The lowest BCUT2D eigenvalue weighted by molar-refractivity contribution is 0.102. The maximum Gasteiger partial charge on any atom is 0.260 e. The maximum absolute atomic E-state index is 12.3. The third-order valence-electron chi connectivity index (χ3n) is 3.63. The average molecular weight is 281 g/mol. The van der Waals surface area contributed by atoms with Crippen LogP contribution in [0.2, 0.25) is 0 Å². The largest absolute Gasteiger partial charge is 0.506 e. The molecule has 0 atom stereocenters. The van der Waals surface area contributed by atoms with Crippen molar-refractivity contribution in [3.05, 3.63) is 53.2 Å². The Morgan fingerprint density at radius 1 is 1.19 bits per heavy atom. The van der Waals surface area contributed by atoms with Crippen molar-refractivity contribution in [2.75, 3.05) is 5.32 Å². The number of aromatic hydroxyl groups is 1. The molecule has 0 radical (unpaired) electrons. The van der Waals surface area contributed by atoms with Crippen LogP contribution < -0.4 is 5.32 Å². The summed E-state index contributed by atoms with van der Waals surface area (Å²) in [6.07, 6.45) is 0. The molecular formula is C16H15N3O2. The Kier molecular flexibility index (Phi) is 3.10. The molecule has 0 aliphatic rings. The van der Waals surface area contributed by atoms with E-state index < -0.39 is 0 Å². The van der Waals surface area contributed by atoms with Gasteiger partial charge >= 0.3 is 0 Å². The number of rotatable bonds is 2. The second kappa shape index (κ2) is 4.94. The molecular weight excluding hydrogens is 266 g/mol. The summed E-state index contributed by atoms with van der Waals surface area (Å²) in [7, 11) is 0. The minimum atomic E-state index is -0.382. The number of phenols is 1. The highest BCUT2D eigenvalue weighted by Gasteiger charge is 2.16. The molecule has 5 nitrogen and oxygen atoms in total. The van der Waals surface area contributed by atoms with Crippen molar-refractivity contribution in [3.8, 4) is 5.75 Å². The van der Waals surface area contributed by atoms with Crippen LogP contribution in [0.15, 0.2) is 36.4 Å². The number of H-pyrrole nitrogens is 1. The first-order valence-corrected chi connectivity index (χ1v) is 6.61. The van der Waals surface area contributed by atoms with Gasteiger partial charge in [0.2, 0.25) is 0 Å². The fourth-order valence-corrected chi connectivity index (χ4v) is 2.22. The zero-order chi connectivity index (χ0) is 15.0. The van der Waals surface area contributed by atoms with Crippen molar-refractivity contribution < 1.29 is 9.90 Å². The van der Waals surface area contributed by atoms with E-state index in [9.17, 15) is 9.90 Å². The fraction of sp³-hybridized carbons (Fsp3) is 0.125. The van der Waals surface area contributed by atoms with Gasteiger partial charge in [0.05, 0.1) is 5.56 Å². The smallest absolute Gasteiger partial charge is 0.260 e. The minimum Gasteiger partial charge on any atom is -0.506 e. The van der Waals surface area contributed by atoms with E-state index >= 15 is 0 Å². The average Bonchev–Trinajstić information content (AvgIpc) is 2.80. The molecule has 0 spiro atoms. The van der Waals surface area contributed by atoms with E-state index in [1.807, 2.05) is 38.1 Å². The molecule has 0 saturated carbocycles. The predicted octanol–water partition coefficient (Wildman–Crippen LogP) is 3.14. The number of hydrogen-bond donors (Lipinski definition) is 3. The molecule has 0 fully saturated rings. The van der Waals surface area contributed by atoms with Gasteiger partial charge in [0.25, 0.3) is 5.91 Å². The molecule has 5 heteroatoms. The number of aryl methyl sites for hydroxylation is 1. The van der Waals surface area contributed by atoms with Crippen LogP contribution in [-0.4, -0.2) is 21.2 Å². The fourth-order valence-electron chi connectivity index (χ4n) is 2.22. The molecule has 1 aromatic heterocycles. The lowest BCUT2D eigenvalue weighted by Crippen LogP contribution is -2.13. The van der Waals surface area contributed by atoms with E-state index in [1.165, 1.54) is 0 Å². The van der Waals surface area contributed by atoms with E-state index in [0.29, 0.717) is 11.2 Å². The summed E-state index contributed by atoms with van der Waals surface area (Å²) in [6, 6.07) is 10.8. The Morgan fingerprint density at radius 2 is 1.95 bits per heavy atom. The molecule has 0 aliphatic carbocycles. The number of aromatic amines is 1. The first-order valence-electron chi connectivity index (χ1n) is 6.61. The lowest BCUT2D eigenvalue weighted by Gasteiger charge is -2.08. The second-order valence-electron chi connectivity index (χ2n) is 4.96. The van der Waals surface area contributed by atoms with E-state index in [4.69, 9.17) is 0 Å². The molecule has 3 rings (SSSR count). The Hall–Kier alpha value is -2.82. The maximum atomic E-state index is 12.3. The van der Waals surface area contributed by atoms with Gasteiger partial charge in [-0.25, -0.2) is 0 Å². The summed E-state index contributed by atoms with van der Waals surface area (Å²) in [5.41, 5.74) is 2.01. The van der Waals surface area contributed by atoms with E-state index in [2.05, 4.69) is 15.5 Å². The number of fused-ring (bicyclic) bond motifs is 1. The van der Waals surface area contributed by atoms with Gasteiger partial charge in [-0.3, -0.25) is 9.89 Å². The number of anilines is 1. The zero-order valence-electron chi connectivity index (χ0n) is 11.8. The highest BCUT2D eigenvalue weighted by Crippen LogP contribution is 2.29.